The Kier molecular flexibility index (Phi) is 43.6. The van der Waals surface area contributed by atoms with Gasteiger partial charge in [-0.15, -0.1) is 0 Å². The zero-order valence-electron chi connectivity index (χ0n) is 40.5. The number of allylic oxidation sites excluding steroid dienone is 14. The molecule has 0 aromatic carbocycles. The third-order valence-corrected chi connectivity index (χ3v) is 11.1. The van der Waals surface area contributed by atoms with Crippen LogP contribution in [0.2, 0.25) is 0 Å². The Morgan fingerprint density at radius 2 is 0.935 bits per heavy atom. The molecule has 0 saturated heterocycles. The molecular weight excluding hydrogens is 794 g/mol. The minimum absolute atomic E-state index is 0.0183. The zero-order valence-corrected chi connectivity index (χ0v) is 41.4. The second kappa shape index (κ2) is 45.3. The highest BCUT2D eigenvalue weighted by molar-refractivity contribution is 7.45. The van der Waals surface area contributed by atoms with Crippen molar-refractivity contribution in [1.82, 2.24) is 0 Å². The normalized spacial score (nSPS) is 14.4. The van der Waals surface area contributed by atoms with Crippen LogP contribution in [0.4, 0.5) is 0 Å². The molecule has 0 spiro atoms. The van der Waals surface area contributed by atoms with Crippen molar-refractivity contribution in [3.8, 4) is 0 Å². The lowest BCUT2D eigenvalue weighted by atomic mass is 10.1. The predicted octanol–water partition coefficient (Wildman–Crippen LogP) is 14.6. The molecule has 0 aliphatic heterocycles. The largest absolute Gasteiger partial charge is 0.756 e. The van der Waals surface area contributed by atoms with E-state index >= 15 is 0 Å². The fourth-order valence-corrected chi connectivity index (χ4v) is 7.08. The van der Waals surface area contributed by atoms with E-state index < -0.39 is 13.9 Å². The van der Waals surface area contributed by atoms with Crippen LogP contribution in [-0.2, 0) is 27.9 Å². The van der Waals surface area contributed by atoms with Crippen LogP contribution in [0.3, 0.4) is 0 Å². The summed E-state index contributed by atoms with van der Waals surface area (Å²) in [7, 11) is 1.33. The van der Waals surface area contributed by atoms with Crippen molar-refractivity contribution < 1.29 is 37.3 Å². The fraction of sp³-hybridized carbons (Fsp3) is 0.717. The van der Waals surface area contributed by atoms with Gasteiger partial charge in [-0.1, -0.05) is 182 Å². The minimum atomic E-state index is -4.54. The van der Waals surface area contributed by atoms with Gasteiger partial charge in [-0.2, -0.15) is 0 Å². The van der Waals surface area contributed by atoms with Crippen LogP contribution in [-0.4, -0.2) is 70.7 Å². The van der Waals surface area contributed by atoms with E-state index in [-0.39, 0.29) is 25.8 Å². The van der Waals surface area contributed by atoms with Crippen molar-refractivity contribution in [2.45, 2.75) is 193 Å². The summed E-state index contributed by atoms with van der Waals surface area (Å²) in [6.45, 7) is 5.21. The molecule has 62 heavy (non-hydrogen) atoms. The van der Waals surface area contributed by atoms with E-state index in [2.05, 4.69) is 98.9 Å². The lowest BCUT2D eigenvalue weighted by Crippen LogP contribution is -2.37. The van der Waals surface area contributed by atoms with Crippen LogP contribution in [0, 0.1) is 0 Å². The average molecular weight is 888 g/mol. The van der Waals surface area contributed by atoms with E-state index in [0.29, 0.717) is 24.1 Å². The third-order valence-electron chi connectivity index (χ3n) is 10.2. The first kappa shape index (κ1) is 59.7. The Hall–Kier alpha value is -2.32. The second-order valence-corrected chi connectivity index (χ2v) is 18.8. The van der Waals surface area contributed by atoms with Crippen molar-refractivity contribution in [2.24, 2.45) is 0 Å². The maximum absolute atomic E-state index is 12.7. The zero-order chi connectivity index (χ0) is 45.5. The van der Waals surface area contributed by atoms with Gasteiger partial charge in [-0.3, -0.25) is 9.36 Å². The van der Waals surface area contributed by atoms with Gasteiger partial charge in [0.25, 0.3) is 7.82 Å². The van der Waals surface area contributed by atoms with E-state index in [1.807, 2.05) is 21.1 Å². The SMILES string of the molecule is CC/C=C\C/C=C\C/C=C\C/C=C\C/C=C\CCCCCCCCCCCCOCC(COP(=O)([O-])OCC[N+](C)(C)C)OC(=O)CCCCCCC/C=C\C/C=C\CCCC. The third kappa shape index (κ3) is 48.7. The first-order valence-electron chi connectivity index (χ1n) is 24.8. The van der Waals surface area contributed by atoms with Gasteiger partial charge in [0.2, 0.25) is 0 Å². The number of carbonyl (C=O) groups excluding carboxylic acids is 1. The number of ether oxygens (including phenoxy) is 2. The highest BCUT2D eigenvalue weighted by atomic mass is 31.2. The number of hydrogen-bond acceptors (Lipinski definition) is 7. The number of nitrogens with zero attached hydrogens (tertiary/aromatic N) is 1. The Morgan fingerprint density at radius 3 is 1.40 bits per heavy atom. The number of rotatable bonds is 45. The first-order chi connectivity index (χ1) is 30.1. The molecule has 0 saturated carbocycles. The summed E-state index contributed by atoms with van der Waals surface area (Å²) in [4.78, 5) is 25.1. The Balaban J connectivity index is 4.14. The lowest BCUT2D eigenvalue weighted by Gasteiger charge is -2.28. The van der Waals surface area contributed by atoms with Crippen LogP contribution >= 0.6 is 7.82 Å². The summed E-state index contributed by atoms with van der Waals surface area (Å²) in [5, 5.41) is 0. The van der Waals surface area contributed by atoms with Crippen LogP contribution < -0.4 is 4.89 Å². The molecule has 0 aromatic heterocycles. The molecule has 0 rings (SSSR count). The maximum atomic E-state index is 12.7. The van der Waals surface area contributed by atoms with Gasteiger partial charge in [-0.25, -0.2) is 0 Å². The van der Waals surface area contributed by atoms with Gasteiger partial charge >= 0.3 is 5.97 Å². The van der Waals surface area contributed by atoms with E-state index in [4.69, 9.17) is 18.5 Å². The molecule has 0 radical (unpaired) electrons. The molecule has 0 heterocycles. The number of carbonyl (C=O) groups is 1. The molecule has 0 aliphatic rings. The molecule has 2 atom stereocenters. The number of phosphoric acid groups is 1. The van der Waals surface area contributed by atoms with Gasteiger partial charge < -0.3 is 27.9 Å². The smallest absolute Gasteiger partial charge is 0.306 e. The molecule has 358 valence electrons. The lowest BCUT2D eigenvalue weighted by molar-refractivity contribution is -0.870. The number of hydrogen-bond donors (Lipinski definition) is 0. The summed E-state index contributed by atoms with van der Waals surface area (Å²) < 4.78 is 34.7. The van der Waals surface area contributed by atoms with Gasteiger partial charge in [0.1, 0.15) is 19.3 Å². The highest BCUT2D eigenvalue weighted by Gasteiger charge is 2.20. The summed E-state index contributed by atoms with van der Waals surface area (Å²) in [5.41, 5.74) is 0. The van der Waals surface area contributed by atoms with Crippen molar-refractivity contribution >= 4 is 13.8 Å². The van der Waals surface area contributed by atoms with E-state index in [0.717, 1.165) is 89.9 Å². The Labute approximate surface area is 382 Å². The number of likely N-dealkylation sites (N-methyl/N-ethyl adjacent to an activating group) is 1. The monoisotopic (exact) mass is 888 g/mol. The first-order valence-corrected chi connectivity index (χ1v) is 26.3. The number of unbranched alkanes of at least 4 members (excludes halogenated alkanes) is 17. The maximum Gasteiger partial charge on any atom is 0.306 e. The summed E-state index contributed by atoms with van der Waals surface area (Å²) >= 11 is 0. The van der Waals surface area contributed by atoms with E-state index in [1.165, 1.54) is 77.0 Å². The molecular formula is C53H94NO7P. The quantitative estimate of drug-likeness (QED) is 0.0198. The molecule has 0 amide bonds. The molecule has 0 bridgehead atoms. The molecule has 0 aromatic rings. The summed E-state index contributed by atoms with van der Waals surface area (Å²) in [6, 6.07) is 0. The standard InChI is InChI=1S/C53H94NO7P/c1-6-8-10-12-14-16-18-20-22-23-24-25-26-27-28-29-30-31-32-33-35-37-39-41-43-45-48-58-50-52(51-60-62(56,57)59-49-47-54(3,4)5)61-53(55)46-44-42-40-38-36-34-21-19-17-15-13-11-9-7-2/h8,10,13-16,19-22,24-25,27-28,52H,6-7,9,11-12,17-18,23,26,29-51H2,1-5H3/b10-8-,15-13-,16-14-,21-19-,22-20-,25-24-,28-27-. The number of esters is 1. The van der Waals surface area contributed by atoms with Crippen molar-refractivity contribution in [2.75, 3.05) is 54.1 Å². The van der Waals surface area contributed by atoms with Crippen LogP contribution in [0.25, 0.3) is 0 Å². The molecule has 0 N–H and O–H groups in total. The summed E-state index contributed by atoms with van der Waals surface area (Å²) in [5.74, 6) is -0.353. The number of phosphoric ester groups is 1. The van der Waals surface area contributed by atoms with Gasteiger partial charge in [0, 0.05) is 13.0 Å². The van der Waals surface area contributed by atoms with Gasteiger partial charge in [0.15, 0.2) is 0 Å². The minimum Gasteiger partial charge on any atom is -0.756 e. The van der Waals surface area contributed by atoms with Crippen LogP contribution in [0.1, 0.15) is 187 Å². The van der Waals surface area contributed by atoms with Crippen molar-refractivity contribution in [3.63, 3.8) is 0 Å². The summed E-state index contributed by atoms with van der Waals surface area (Å²) in [6.07, 6.45) is 60.3. The predicted molar refractivity (Wildman–Crippen MR) is 263 cm³/mol. The number of quaternary nitrogens is 1. The van der Waals surface area contributed by atoms with E-state index in [1.54, 1.807) is 0 Å². The van der Waals surface area contributed by atoms with Crippen LogP contribution in [0.5, 0.6) is 0 Å². The molecule has 2 unspecified atom stereocenters. The Bertz CT molecular complexity index is 1260. The van der Waals surface area contributed by atoms with Gasteiger partial charge in [-0.05, 0) is 83.5 Å². The molecule has 8 nitrogen and oxygen atoms in total. The van der Waals surface area contributed by atoms with Crippen molar-refractivity contribution in [3.05, 3.63) is 85.1 Å². The average Bonchev–Trinajstić information content (AvgIpc) is 3.23. The van der Waals surface area contributed by atoms with Crippen molar-refractivity contribution in [1.29, 1.82) is 0 Å². The molecule has 0 aliphatic carbocycles. The van der Waals surface area contributed by atoms with E-state index in [9.17, 15) is 14.3 Å². The molecule has 0 fully saturated rings. The fourth-order valence-electron chi connectivity index (χ4n) is 6.35. The highest BCUT2D eigenvalue weighted by Crippen LogP contribution is 2.38. The Morgan fingerprint density at radius 1 is 0.516 bits per heavy atom. The second-order valence-electron chi connectivity index (χ2n) is 17.4. The topological polar surface area (TPSA) is 94.1 Å². The van der Waals surface area contributed by atoms with Gasteiger partial charge in [0.05, 0.1) is 34.4 Å². The van der Waals surface area contributed by atoms with Crippen LogP contribution in [0.15, 0.2) is 85.1 Å². The molecule has 9 heteroatoms.